The zero-order valence-corrected chi connectivity index (χ0v) is 9.81. The topological polar surface area (TPSA) is 92.8 Å². The Kier molecular flexibility index (Phi) is 4.38. The minimum Gasteiger partial charge on any atom is -0.467 e. The van der Waals surface area contributed by atoms with Crippen LogP contribution in [0, 0.1) is 0 Å². The second-order valence-corrected chi connectivity index (χ2v) is 3.72. The second kappa shape index (κ2) is 5.45. The first-order valence-corrected chi connectivity index (χ1v) is 5.09. The molecule has 0 spiro atoms. The molecule has 1 aromatic carbocycles. The van der Waals surface area contributed by atoms with Crippen molar-refractivity contribution < 1.29 is 32.9 Å². The van der Waals surface area contributed by atoms with E-state index >= 15 is 0 Å². The summed E-state index contributed by atoms with van der Waals surface area (Å²) in [4.78, 5) is 11.0. The summed E-state index contributed by atoms with van der Waals surface area (Å²) < 4.78 is 42.5. The number of alkyl halides is 3. The maximum atomic E-state index is 12.8. The number of ether oxygens (including phenoxy) is 1. The van der Waals surface area contributed by atoms with Crippen molar-refractivity contribution in [3.05, 3.63) is 29.3 Å². The van der Waals surface area contributed by atoms with E-state index in [1.165, 1.54) is 0 Å². The van der Waals surface area contributed by atoms with Crippen LogP contribution in [0.3, 0.4) is 0 Å². The van der Waals surface area contributed by atoms with E-state index in [1.54, 1.807) is 0 Å². The van der Waals surface area contributed by atoms with Crippen LogP contribution in [0.1, 0.15) is 17.2 Å². The van der Waals surface area contributed by atoms with E-state index in [-0.39, 0.29) is 5.69 Å². The van der Waals surface area contributed by atoms with Crippen molar-refractivity contribution in [2.45, 2.75) is 18.4 Å². The van der Waals surface area contributed by atoms with Crippen LogP contribution in [-0.2, 0) is 15.7 Å². The predicted octanol–water partition coefficient (Wildman–Crippen LogP) is 0.855. The molecule has 1 rings (SSSR count). The molecule has 0 heterocycles. The fraction of sp³-hybridized carbons (Fsp3) is 0.364. The van der Waals surface area contributed by atoms with Gasteiger partial charge in [-0.1, -0.05) is 6.07 Å². The van der Waals surface area contributed by atoms with Gasteiger partial charge in [0.25, 0.3) is 0 Å². The molecule has 8 heteroatoms. The molecule has 0 aliphatic heterocycles. The van der Waals surface area contributed by atoms with Crippen LogP contribution in [0.15, 0.2) is 18.2 Å². The number of halogens is 3. The van der Waals surface area contributed by atoms with Crippen molar-refractivity contribution in [2.24, 2.45) is 0 Å². The Morgan fingerprint density at radius 3 is 2.42 bits per heavy atom. The number of aliphatic hydroxyl groups is 2. The number of esters is 1. The van der Waals surface area contributed by atoms with Gasteiger partial charge in [0.1, 0.15) is 6.10 Å². The van der Waals surface area contributed by atoms with Crippen molar-refractivity contribution in [3.8, 4) is 0 Å². The lowest BCUT2D eigenvalue weighted by molar-refractivity contribution is -0.158. The molecule has 106 valence electrons. The molecule has 0 aliphatic rings. The minimum absolute atomic E-state index is 0.384. The van der Waals surface area contributed by atoms with Crippen LogP contribution >= 0.6 is 0 Å². The van der Waals surface area contributed by atoms with Gasteiger partial charge < -0.3 is 20.7 Å². The SMILES string of the molecule is COC(=O)C(O)C(O)c1c(N)cccc1C(F)(F)F. The van der Waals surface area contributed by atoms with Crippen LogP contribution in [0.5, 0.6) is 0 Å². The van der Waals surface area contributed by atoms with Crippen LogP contribution in [0.25, 0.3) is 0 Å². The molecular formula is C11H12F3NO4. The molecule has 2 atom stereocenters. The van der Waals surface area contributed by atoms with Crippen LogP contribution in [0.2, 0.25) is 0 Å². The number of carbonyl (C=O) groups excluding carboxylic acids is 1. The summed E-state index contributed by atoms with van der Waals surface area (Å²) in [5, 5.41) is 19.1. The summed E-state index contributed by atoms with van der Waals surface area (Å²) in [5.74, 6) is -1.26. The standard InChI is InChI=1S/C11H12F3NO4/c1-19-10(18)9(17)8(16)7-5(11(12,13)14)3-2-4-6(7)15/h2-4,8-9,16-17H,15H2,1H3. The van der Waals surface area contributed by atoms with E-state index in [1.807, 2.05) is 0 Å². The van der Waals surface area contributed by atoms with Gasteiger partial charge in [0, 0.05) is 11.3 Å². The number of nitrogens with two attached hydrogens (primary N) is 1. The second-order valence-electron chi connectivity index (χ2n) is 3.72. The molecule has 1 aromatic rings. The highest BCUT2D eigenvalue weighted by atomic mass is 19.4. The normalized spacial score (nSPS) is 14.8. The monoisotopic (exact) mass is 279 g/mol. The average molecular weight is 279 g/mol. The number of anilines is 1. The lowest BCUT2D eigenvalue weighted by atomic mass is 9.96. The van der Waals surface area contributed by atoms with Crippen molar-refractivity contribution in [1.29, 1.82) is 0 Å². The van der Waals surface area contributed by atoms with Crippen LogP contribution in [-0.4, -0.2) is 29.4 Å². The zero-order chi connectivity index (χ0) is 14.8. The van der Waals surface area contributed by atoms with Gasteiger partial charge in [0.05, 0.1) is 12.7 Å². The third kappa shape index (κ3) is 3.15. The predicted molar refractivity (Wildman–Crippen MR) is 58.8 cm³/mol. The van der Waals surface area contributed by atoms with E-state index in [0.717, 1.165) is 19.2 Å². The summed E-state index contributed by atoms with van der Waals surface area (Å²) >= 11 is 0. The number of nitrogen functional groups attached to an aromatic ring is 1. The van der Waals surface area contributed by atoms with Gasteiger partial charge in [-0.05, 0) is 12.1 Å². The van der Waals surface area contributed by atoms with Gasteiger partial charge >= 0.3 is 12.1 Å². The zero-order valence-electron chi connectivity index (χ0n) is 9.81. The van der Waals surface area contributed by atoms with Gasteiger partial charge in [-0.3, -0.25) is 0 Å². The molecule has 0 saturated heterocycles. The molecule has 0 aliphatic carbocycles. The molecule has 2 unspecified atom stereocenters. The first kappa shape index (κ1) is 15.3. The number of carbonyl (C=O) groups is 1. The van der Waals surface area contributed by atoms with Crippen LogP contribution < -0.4 is 5.73 Å². The maximum absolute atomic E-state index is 12.8. The van der Waals surface area contributed by atoms with E-state index in [4.69, 9.17) is 5.73 Å². The lowest BCUT2D eigenvalue weighted by Crippen LogP contribution is -2.31. The number of hydrogen-bond donors (Lipinski definition) is 3. The molecule has 19 heavy (non-hydrogen) atoms. The average Bonchev–Trinajstić information content (AvgIpc) is 2.34. The Balaban J connectivity index is 3.30. The largest absolute Gasteiger partial charge is 0.467 e. The first-order chi connectivity index (χ1) is 8.70. The van der Waals surface area contributed by atoms with Gasteiger partial charge in [0.2, 0.25) is 0 Å². The van der Waals surface area contributed by atoms with Gasteiger partial charge in [-0.15, -0.1) is 0 Å². The van der Waals surface area contributed by atoms with E-state index in [2.05, 4.69) is 4.74 Å². The van der Waals surface area contributed by atoms with Gasteiger partial charge in [-0.25, -0.2) is 4.79 Å². The van der Waals surface area contributed by atoms with Gasteiger partial charge in [-0.2, -0.15) is 13.2 Å². The third-order valence-electron chi connectivity index (χ3n) is 2.48. The Morgan fingerprint density at radius 1 is 1.37 bits per heavy atom. The van der Waals surface area contributed by atoms with E-state index in [0.29, 0.717) is 6.07 Å². The summed E-state index contributed by atoms with van der Waals surface area (Å²) in [6.07, 6.45) is -9.07. The highest BCUT2D eigenvalue weighted by Crippen LogP contribution is 2.38. The number of rotatable bonds is 3. The Morgan fingerprint density at radius 2 is 1.95 bits per heavy atom. The molecule has 0 amide bonds. The Hall–Kier alpha value is -1.80. The molecule has 0 bridgehead atoms. The number of aliphatic hydroxyl groups excluding tert-OH is 2. The fourth-order valence-electron chi connectivity index (χ4n) is 1.57. The summed E-state index contributed by atoms with van der Waals surface area (Å²) in [6.45, 7) is 0. The quantitative estimate of drug-likeness (QED) is 0.563. The van der Waals surface area contributed by atoms with Crippen molar-refractivity contribution in [1.82, 2.24) is 0 Å². The number of hydrogen-bond acceptors (Lipinski definition) is 5. The van der Waals surface area contributed by atoms with E-state index < -0.39 is 35.5 Å². The van der Waals surface area contributed by atoms with Crippen molar-refractivity contribution in [3.63, 3.8) is 0 Å². The Labute approximate surface area is 106 Å². The summed E-state index contributed by atoms with van der Waals surface area (Å²) in [5.41, 5.74) is 3.02. The highest BCUT2D eigenvalue weighted by molar-refractivity contribution is 5.76. The maximum Gasteiger partial charge on any atom is 0.416 e. The molecule has 0 fully saturated rings. The van der Waals surface area contributed by atoms with Crippen molar-refractivity contribution >= 4 is 11.7 Å². The molecule has 0 radical (unpaired) electrons. The number of methoxy groups -OCH3 is 1. The molecule has 0 aromatic heterocycles. The molecular weight excluding hydrogens is 267 g/mol. The fourth-order valence-corrected chi connectivity index (χ4v) is 1.57. The minimum atomic E-state index is -4.78. The summed E-state index contributed by atoms with van der Waals surface area (Å²) in [6, 6.07) is 2.87. The Bertz CT molecular complexity index is 475. The molecule has 5 nitrogen and oxygen atoms in total. The molecule has 0 saturated carbocycles. The van der Waals surface area contributed by atoms with Gasteiger partial charge in [0.15, 0.2) is 6.10 Å². The summed E-state index contributed by atoms with van der Waals surface area (Å²) in [7, 11) is 0.928. The van der Waals surface area contributed by atoms with E-state index in [9.17, 15) is 28.2 Å². The highest BCUT2D eigenvalue weighted by Gasteiger charge is 2.39. The molecule has 4 N–H and O–H groups in total. The third-order valence-corrected chi connectivity index (χ3v) is 2.48. The lowest BCUT2D eigenvalue weighted by Gasteiger charge is -2.21. The number of benzene rings is 1. The first-order valence-electron chi connectivity index (χ1n) is 5.09. The smallest absolute Gasteiger partial charge is 0.416 e. The van der Waals surface area contributed by atoms with Crippen LogP contribution in [0.4, 0.5) is 18.9 Å². The van der Waals surface area contributed by atoms with Crippen molar-refractivity contribution in [2.75, 3.05) is 12.8 Å².